The summed E-state index contributed by atoms with van der Waals surface area (Å²) >= 11 is 5.97. The minimum atomic E-state index is -0.820. The number of hydrogen-bond donors (Lipinski definition) is 2. The fraction of sp³-hybridized carbons (Fsp3) is 0.500. The molecular formula is C14H15ClN2O3. The molecule has 2 N–H and O–H groups in total. The van der Waals surface area contributed by atoms with Crippen molar-refractivity contribution in [2.24, 2.45) is 17.8 Å². The van der Waals surface area contributed by atoms with Crippen LogP contribution in [-0.2, 0) is 4.79 Å². The van der Waals surface area contributed by atoms with Gasteiger partial charge in [0.05, 0.1) is 16.5 Å². The summed E-state index contributed by atoms with van der Waals surface area (Å²) < 4.78 is 0. The summed E-state index contributed by atoms with van der Waals surface area (Å²) in [6.45, 7) is 0. The molecular weight excluding hydrogens is 280 g/mol. The van der Waals surface area contributed by atoms with Crippen molar-refractivity contribution in [3.63, 3.8) is 0 Å². The molecule has 1 amide bonds. The molecule has 0 aromatic carbocycles. The number of nitrogens with one attached hydrogen (secondary N) is 1. The van der Waals surface area contributed by atoms with Gasteiger partial charge in [-0.1, -0.05) is 11.6 Å². The van der Waals surface area contributed by atoms with Crippen molar-refractivity contribution in [2.45, 2.75) is 25.3 Å². The van der Waals surface area contributed by atoms with Crippen LogP contribution in [0.2, 0.25) is 5.02 Å². The Morgan fingerprint density at radius 3 is 2.80 bits per heavy atom. The number of carbonyl (C=O) groups excluding carboxylic acids is 1. The van der Waals surface area contributed by atoms with E-state index in [0.29, 0.717) is 10.6 Å². The van der Waals surface area contributed by atoms with Gasteiger partial charge in [-0.15, -0.1) is 0 Å². The van der Waals surface area contributed by atoms with Crippen molar-refractivity contribution >= 4 is 23.5 Å². The lowest BCUT2D eigenvalue weighted by atomic mass is 9.84. The number of hydrogen-bond acceptors (Lipinski definition) is 3. The molecule has 4 unspecified atom stereocenters. The first-order chi connectivity index (χ1) is 9.58. The maximum atomic E-state index is 12.2. The second-order valence-corrected chi connectivity index (χ2v) is 5.96. The third-order valence-electron chi connectivity index (χ3n) is 4.51. The summed E-state index contributed by atoms with van der Waals surface area (Å²) in [6, 6.07) is 1.25. The van der Waals surface area contributed by atoms with Crippen LogP contribution in [0.25, 0.3) is 0 Å². The van der Waals surface area contributed by atoms with E-state index in [0.717, 1.165) is 19.3 Å². The lowest BCUT2D eigenvalue weighted by Crippen LogP contribution is -2.46. The zero-order valence-corrected chi connectivity index (χ0v) is 11.5. The van der Waals surface area contributed by atoms with Crippen molar-refractivity contribution in [3.05, 3.63) is 29.0 Å². The SMILES string of the molecule is O=C(NC1C2CCC(C2)C1C(=O)O)c1cnccc1Cl. The van der Waals surface area contributed by atoms with Crippen LogP contribution in [0, 0.1) is 17.8 Å². The molecule has 20 heavy (non-hydrogen) atoms. The molecule has 0 spiro atoms. The van der Waals surface area contributed by atoms with Gasteiger partial charge in [-0.2, -0.15) is 0 Å². The van der Waals surface area contributed by atoms with E-state index in [-0.39, 0.29) is 23.8 Å². The number of carbonyl (C=O) groups is 2. The van der Waals surface area contributed by atoms with E-state index >= 15 is 0 Å². The van der Waals surface area contributed by atoms with Crippen molar-refractivity contribution in [1.29, 1.82) is 0 Å². The lowest BCUT2D eigenvalue weighted by Gasteiger charge is -2.28. The summed E-state index contributed by atoms with van der Waals surface area (Å²) in [5.41, 5.74) is 0.293. The fourth-order valence-electron chi connectivity index (χ4n) is 3.63. The van der Waals surface area contributed by atoms with E-state index in [1.165, 1.54) is 12.4 Å². The van der Waals surface area contributed by atoms with Crippen LogP contribution < -0.4 is 5.32 Å². The first kappa shape index (κ1) is 13.4. The van der Waals surface area contributed by atoms with Crippen molar-refractivity contribution in [2.75, 3.05) is 0 Å². The largest absolute Gasteiger partial charge is 0.481 e. The van der Waals surface area contributed by atoms with Crippen LogP contribution in [0.5, 0.6) is 0 Å². The molecule has 1 aromatic rings. The number of aliphatic carboxylic acids is 1. The molecule has 106 valence electrons. The first-order valence-corrected chi connectivity index (χ1v) is 7.09. The molecule has 6 heteroatoms. The highest BCUT2D eigenvalue weighted by atomic mass is 35.5. The van der Waals surface area contributed by atoms with Crippen LogP contribution in [0.15, 0.2) is 18.5 Å². The number of carboxylic acids is 1. The first-order valence-electron chi connectivity index (χ1n) is 6.71. The predicted molar refractivity (Wildman–Crippen MR) is 72.5 cm³/mol. The highest BCUT2D eigenvalue weighted by molar-refractivity contribution is 6.33. The molecule has 4 atom stereocenters. The van der Waals surface area contributed by atoms with E-state index in [4.69, 9.17) is 11.6 Å². The Morgan fingerprint density at radius 1 is 1.35 bits per heavy atom. The second kappa shape index (κ2) is 5.05. The average molecular weight is 295 g/mol. The molecule has 5 nitrogen and oxygen atoms in total. The highest BCUT2D eigenvalue weighted by Gasteiger charge is 2.51. The van der Waals surface area contributed by atoms with Crippen molar-refractivity contribution in [3.8, 4) is 0 Å². The number of halogens is 1. The summed E-state index contributed by atoms with van der Waals surface area (Å²) in [5, 5.41) is 12.5. The Morgan fingerprint density at radius 2 is 2.10 bits per heavy atom. The number of rotatable bonds is 3. The van der Waals surface area contributed by atoms with Gasteiger partial charge in [0.15, 0.2) is 0 Å². The van der Waals surface area contributed by atoms with E-state index in [9.17, 15) is 14.7 Å². The van der Waals surface area contributed by atoms with Gasteiger partial charge in [0.2, 0.25) is 0 Å². The number of nitrogens with zero attached hydrogens (tertiary/aromatic N) is 1. The summed E-state index contributed by atoms with van der Waals surface area (Å²) in [4.78, 5) is 27.5. The van der Waals surface area contributed by atoms with E-state index in [1.54, 1.807) is 6.07 Å². The van der Waals surface area contributed by atoms with Gasteiger partial charge in [-0.25, -0.2) is 0 Å². The van der Waals surface area contributed by atoms with Crippen molar-refractivity contribution < 1.29 is 14.7 Å². The Labute approximate surface area is 121 Å². The molecule has 2 aliphatic rings. The summed E-state index contributed by atoms with van der Waals surface area (Å²) in [6.07, 6.45) is 5.74. The second-order valence-electron chi connectivity index (χ2n) is 5.55. The van der Waals surface area contributed by atoms with Gasteiger partial charge in [0.1, 0.15) is 0 Å². The zero-order valence-electron chi connectivity index (χ0n) is 10.8. The standard InChI is InChI=1S/C14H15ClN2O3/c15-10-3-4-16-6-9(10)13(18)17-12-8-2-1-7(5-8)11(12)14(19)20/h3-4,6-8,11-12H,1-2,5H2,(H,17,18)(H,19,20). The van der Waals surface area contributed by atoms with E-state index < -0.39 is 11.9 Å². The molecule has 2 fully saturated rings. The molecule has 1 aromatic heterocycles. The third kappa shape index (κ3) is 2.16. The zero-order chi connectivity index (χ0) is 14.3. The Kier molecular flexibility index (Phi) is 3.38. The van der Waals surface area contributed by atoms with Gasteiger partial charge < -0.3 is 10.4 Å². The van der Waals surface area contributed by atoms with Gasteiger partial charge in [0, 0.05) is 18.4 Å². The third-order valence-corrected chi connectivity index (χ3v) is 4.84. The number of amides is 1. The monoisotopic (exact) mass is 294 g/mol. The predicted octanol–water partition coefficient (Wildman–Crippen LogP) is 1.96. The van der Waals surface area contributed by atoms with Crippen LogP contribution in [-0.4, -0.2) is 28.0 Å². The molecule has 2 saturated carbocycles. The molecule has 0 aliphatic heterocycles. The minimum absolute atomic E-state index is 0.187. The van der Waals surface area contributed by atoms with E-state index in [2.05, 4.69) is 10.3 Å². The molecule has 1 heterocycles. The normalized spacial score (nSPS) is 31.2. The number of aromatic nitrogens is 1. The average Bonchev–Trinajstić information content (AvgIpc) is 2.99. The van der Waals surface area contributed by atoms with Crippen LogP contribution in [0.3, 0.4) is 0 Å². The quantitative estimate of drug-likeness (QED) is 0.893. The minimum Gasteiger partial charge on any atom is -0.481 e. The van der Waals surface area contributed by atoms with Crippen LogP contribution in [0.4, 0.5) is 0 Å². The summed E-state index contributed by atoms with van der Waals surface area (Å²) in [7, 11) is 0. The van der Waals surface area contributed by atoms with Gasteiger partial charge in [-0.05, 0) is 37.2 Å². The lowest BCUT2D eigenvalue weighted by molar-refractivity contribution is -0.144. The fourth-order valence-corrected chi connectivity index (χ4v) is 3.82. The molecule has 0 saturated heterocycles. The maximum absolute atomic E-state index is 12.2. The number of carboxylic acid groups (broad SMARTS) is 1. The van der Waals surface area contributed by atoms with Gasteiger partial charge >= 0.3 is 5.97 Å². The van der Waals surface area contributed by atoms with E-state index in [1.807, 2.05) is 0 Å². The molecule has 2 bridgehead atoms. The Hall–Kier alpha value is -1.62. The number of pyridine rings is 1. The Bertz CT molecular complexity index is 563. The van der Waals surface area contributed by atoms with Gasteiger partial charge in [0.25, 0.3) is 5.91 Å². The molecule has 3 rings (SSSR count). The Balaban J connectivity index is 1.79. The van der Waals surface area contributed by atoms with Crippen LogP contribution >= 0.6 is 11.6 Å². The molecule has 2 aliphatic carbocycles. The van der Waals surface area contributed by atoms with Crippen LogP contribution in [0.1, 0.15) is 29.6 Å². The topological polar surface area (TPSA) is 79.3 Å². The smallest absolute Gasteiger partial charge is 0.308 e. The van der Waals surface area contributed by atoms with Gasteiger partial charge in [-0.3, -0.25) is 14.6 Å². The highest BCUT2D eigenvalue weighted by Crippen LogP contribution is 2.48. The number of fused-ring (bicyclic) bond motifs is 2. The maximum Gasteiger partial charge on any atom is 0.308 e. The molecule has 0 radical (unpaired) electrons. The summed E-state index contributed by atoms with van der Waals surface area (Å²) in [5.74, 6) is -1.19. The van der Waals surface area contributed by atoms with Crippen molar-refractivity contribution in [1.82, 2.24) is 10.3 Å².